The van der Waals surface area contributed by atoms with Gasteiger partial charge in [-0.15, -0.1) is 21.5 Å². The third-order valence-electron chi connectivity index (χ3n) is 3.81. The average molecular weight is 389 g/mol. The average Bonchev–Trinajstić information content (AvgIpc) is 2.99. The predicted octanol–water partition coefficient (Wildman–Crippen LogP) is 4.32. The second kappa shape index (κ2) is 7.05. The first-order valence-electron chi connectivity index (χ1n) is 8.02. The Morgan fingerprint density at radius 2 is 1.50 bits per heavy atom. The van der Waals surface area contributed by atoms with Gasteiger partial charge in [-0.3, -0.25) is 4.72 Å². The number of nitrogens with zero attached hydrogens (tertiary/aromatic N) is 2. The minimum atomic E-state index is -3.64. The third-order valence-corrected chi connectivity index (χ3v) is 6.66. The highest BCUT2D eigenvalue weighted by Gasteiger charge is 2.17. The number of anilines is 3. The number of benzene rings is 1. The van der Waals surface area contributed by atoms with Crippen molar-refractivity contribution in [3.8, 4) is 0 Å². The first kappa shape index (κ1) is 18.3. The fraction of sp³-hybridized carbons (Fsp3) is 0.222. The van der Waals surface area contributed by atoms with E-state index in [2.05, 4.69) is 39.3 Å². The summed E-state index contributed by atoms with van der Waals surface area (Å²) in [7, 11) is -3.64. The summed E-state index contributed by atoms with van der Waals surface area (Å²) in [6, 6.07) is 10.8. The maximum atomic E-state index is 12.3. The van der Waals surface area contributed by atoms with E-state index < -0.39 is 10.0 Å². The molecule has 0 aliphatic carbocycles. The van der Waals surface area contributed by atoms with Crippen LogP contribution >= 0.6 is 11.3 Å². The molecule has 0 aliphatic heterocycles. The lowest BCUT2D eigenvalue weighted by molar-refractivity contribution is 0.603. The molecule has 136 valence electrons. The maximum absolute atomic E-state index is 12.3. The molecule has 0 aliphatic rings. The van der Waals surface area contributed by atoms with Crippen LogP contribution in [-0.2, 0) is 10.0 Å². The summed E-state index contributed by atoms with van der Waals surface area (Å²) in [5.41, 5.74) is 4.40. The van der Waals surface area contributed by atoms with Gasteiger partial charge in [-0.05, 0) is 63.1 Å². The van der Waals surface area contributed by atoms with Crippen LogP contribution in [0.2, 0.25) is 0 Å². The molecule has 0 spiro atoms. The molecule has 0 bridgehead atoms. The van der Waals surface area contributed by atoms with Crippen LogP contribution in [0.3, 0.4) is 0 Å². The number of aromatic nitrogens is 2. The van der Waals surface area contributed by atoms with Crippen molar-refractivity contribution in [3.63, 3.8) is 0 Å². The van der Waals surface area contributed by atoms with Crippen molar-refractivity contribution >= 4 is 38.7 Å². The molecule has 0 atom stereocenters. The minimum Gasteiger partial charge on any atom is -0.338 e. The molecule has 0 radical (unpaired) electrons. The number of sulfonamides is 1. The summed E-state index contributed by atoms with van der Waals surface area (Å²) < 4.78 is 27.4. The summed E-state index contributed by atoms with van der Waals surface area (Å²) in [5.74, 6) is 0.730. The molecule has 0 amide bonds. The fourth-order valence-electron chi connectivity index (χ4n) is 2.70. The molecule has 0 saturated carbocycles. The highest BCUT2D eigenvalue weighted by atomic mass is 32.2. The molecule has 2 aromatic heterocycles. The lowest BCUT2D eigenvalue weighted by Crippen LogP contribution is -2.13. The molecule has 3 rings (SSSR count). The normalized spacial score (nSPS) is 11.4. The van der Waals surface area contributed by atoms with Gasteiger partial charge in [0.05, 0.1) is 0 Å². The van der Waals surface area contributed by atoms with Crippen LogP contribution in [0.1, 0.15) is 21.6 Å². The van der Waals surface area contributed by atoms with E-state index in [-0.39, 0.29) is 10.0 Å². The monoisotopic (exact) mass is 388 g/mol. The zero-order valence-corrected chi connectivity index (χ0v) is 16.6. The molecular formula is C18H20N4O2S2. The number of hydrogen-bond acceptors (Lipinski definition) is 6. The maximum Gasteiger partial charge on any atom is 0.272 e. The van der Waals surface area contributed by atoms with Crippen LogP contribution in [0.4, 0.5) is 17.3 Å². The van der Waals surface area contributed by atoms with Crippen molar-refractivity contribution in [1.29, 1.82) is 0 Å². The molecule has 1 aromatic carbocycles. The van der Waals surface area contributed by atoms with Gasteiger partial charge in [0.25, 0.3) is 10.0 Å². The van der Waals surface area contributed by atoms with E-state index >= 15 is 0 Å². The van der Waals surface area contributed by atoms with E-state index in [1.54, 1.807) is 24.3 Å². The van der Waals surface area contributed by atoms with E-state index in [1.807, 2.05) is 20.8 Å². The van der Waals surface area contributed by atoms with Crippen LogP contribution < -0.4 is 10.0 Å². The van der Waals surface area contributed by atoms with Gasteiger partial charge in [0.1, 0.15) is 4.21 Å². The lowest BCUT2D eigenvalue weighted by atomic mass is 10.1. The summed E-state index contributed by atoms with van der Waals surface area (Å²) in [6.45, 7) is 7.97. The highest BCUT2D eigenvalue weighted by molar-refractivity contribution is 7.94. The Morgan fingerprint density at radius 1 is 0.885 bits per heavy atom. The quantitative estimate of drug-likeness (QED) is 0.680. The molecule has 26 heavy (non-hydrogen) atoms. The summed E-state index contributed by atoms with van der Waals surface area (Å²) in [5, 5.41) is 11.3. The predicted molar refractivity (Wildman–Crippen MR) is 106 cm³/mol. The van der Waals surface area contributed by atoms with E-state index in [0.717, 1.165) is 21.7 Å². The molecule has 8 heteroatoms. The van der Waals surface area contributed by atoms with Gasteiger partial charge in [0.2, 0.25) is 0 Å². The zero-order chi connectivity index (χ0) is 18.9. The Labute approximate surface area is 157 Å². The van der Waals surface area contributed by atoms with Gasteiger partial charge < -0.3 is 5.32 Å². The van der Waals surface area contributed by atoms with E-state index in [0.29, 0.717) is 5.82 Å². The van der Waals surface area contributed by atoms with Crippen LogP contribution in [0.15, 0.2) is 40.6 Å². The topological polar surface area (TPSA) is 84.0 Å². The summed E-state index contributed by atoms with van der Waals surface area (Å²) in [6.07, 6.45) is 0. The van der Waals surface area contributed by atoms with Crippen molar-refractivity contribution in [3.05, 3.63) is 58.0 Å². The minimum absolute atomic E-state index is 0.180. The van der Waals surface area contributed by atoms with Crippen molar-refractivity contribution in [2.75, 3.05) is 10.0 Å². The van der Waals surface area contributed by atoms with Gasteiger partial charge in [0, 0.05) is 10.6 Å². The van der Waals surface area contributed by atoms with E-state index in [4.69, 9.17) is 0 Å². The second-order valence-electron chi connectivity index (χ2n) is 6.17. The Morgan fingerprint density at radius 3 is 2.04 bits per heavy atom. The second-order valence-corrected chi connectivity index (χ2v) is 9.37. The lowest BCUT2D eigenvalue weighted by Gasteiger charge is -2.13. The van der Waals surface area contributed by atoms with Crippen LogP contribution in [0.5, 0.6) is 0 Å². The van der Waals surface area contributed by atoms with E-state index in [1.165, 1.54) is 16.9 Å². The Kier molecular flexibility index (Phi) is 4.97. The summed E-state index contributed by atoms with van der Waals surface area (Å²) in [4.78, 5) is 0.930. The van der Waals surface area contributed by atoms with Gasteiger partial charge in [-0.2, -0.15) is 0 Å². The Bertz CT molecular complexity index is 1020. The number of aryl methyl sites for hydroxylation is 4. The Balaban J connectivity index is 1.77. The van der Waals surface area contributed by atoms with E-state index in [9.17, 15) is 8.42 Å². The molecule has 2 heterocycles. The Hall–Kier alpha value is -2.45. The van der Waals surface area contributed by atoms with Crippen molar-refractivity contribution < 1.29 is 8.42 Å². The van der Waals surface area contributed by atoms with Gasteiger partial charge in [-0.25, -0.2) is 8.42 Å². The standard InChI is InChI=1S/C18H20N4O2S2/c1-11-9-12(2)18(13(3)10-11)19-15-6-7-16(21-20-15)22-26(23,24)17-8-5-14(4)25-17/h5-10H,1-4H3,(H,19,20)(H,21,22). The molecular weight excluding hydrogens is 368 g/mol. The largest absolute Gasteiger partial charge is 0.338 e. The van der Waals surface area contributed by atoms with Gasteiger partial charge in [0.15, 0.2) is 11.6 Å². The molecule has 2 N–H and O–H groups in total. The van der Waals surface area contributed by atoms with Gasteiger partial charge >= 0.3 is 0 Å². The van der Waals surface area contributed by atoms with Crippen LogP contribution in [-0.4, -0.2) is 18.6 Å². The molecule has 6 nitrogen and oxygen atoms in total. The van der Waals surface area contributed by atoms with Crippen LogP contribution in [0, 0.1) is 27.7 Å². The number of thiophene rings is 1. The van der Waals surface area contributed by atoms with Crippen molar-refractivity contribution in [1.82, 2.24) is 10.2 Å². The SMILES string of the molecule is Cc1cc(C)c(Nc2ccc(NS(=O)(=O)c3ccc(C)s3)nn2)c(C)c1. The smallest absolute Gasteiger partial charge is 0.272 e. The summed E-state index contributed by atoms with van der Waals surface area (Å²) >= 11 is 1.21. The molecule has 3 aromatic rings. The molecule has 0 unspecified atom stereocenters. The molecule has 0 fully saturated rings. The number of nitrogens with one attached hydrogen (secondary N) is 2. The van der Waals surface area contributed by atoms with Crippen molar-refractivity contribution in [2.24, 2.45) is 0 Å². The van der Waals surface area contributed by atoms with Crippen LogP contribution in [0.25, 0.3) is 0 Å². The van der Waals surface area contributed by atoms with Crippen molar-refractivity contribution in [2.45, 2.75) is 31.9 Å². The first-order chi connectivity index (χ1) is 12.2. The number of hydrogen-bond donors (Lipinski definition) is 2. The first-order valence-corrected chi connectivity index (χ1v) is 10.3. The zero-order valence-electron chi connectivity index (χ0n) is 15.0. The molecule has 0 saturated heterocycles. The number of rotatable bonds is 5. The van der Waals surface area contributed by atoms with Gasteiger partial charge in [-0.1, -0.05) is 17.7 Å². The third kappa shape index (κ3) is 4.03. The fourth-order valence-corrected chi connectivity index (χ4v) is 4.98. The highest BCUT2D eigenvalue weighted by Crippen LogP contribution is 2.26.